The van der Waals surface area contributed by atoms with Gasteiger partial charge in [0.2, 0.25) is 0 Å². The summed E-state index contributed by atoms with van der Waals surface area (Å²) in [6, 6.07) is 7.48. The minimum absolute atomic E-state index is 0.737. The molecule has 2 fully saturated rings. The second-order valence-corrected chi connectivity index (χ2v) is 6.70. The van der Waals surface area contributed by atoms with Gasteiger partial charge in [0, 0.05) is 30.9 Å². The van der Waals surface area contributed by atoms with Crippen LogP contribution in [0.4, 0.5) is 5.69 Å². The Balaban J connectivity index is 1.60. The van der Waals surface area contributed by atoms with E-state index in [0.29, 0.717) is 0 Å². The molecule has 0 bridgehead atoms. The number of rotatable bonds is 4. The molecular weight excluding hydrogens is 272 g/mol. The Morgan fingerprint density at radius 3 is 2.45 bits per heavy atom. The zero-order valence-electron chi connectivity index (χ0n) is 14.2. The summed E-state index contributed by atoms with van der Waals surface area (Å²) in [5.41, 5.74) is 2.56. The maximum atomic E-state index is 5.75. The fourth-order valence-electron chi connectivity index (χ4n) is 3.87. The Morgan fingerprint density at radius 2 is 1.77 bits per heavy atom. The lowest BCUT2D eigenvalue weighted by molar-refractivity contribution is 0.141. The van der Waals surface area contributed by atoms with Gasteiger partial charge in [-0.3, -0.25) is 0 Å². The number of nitrogens with zero attached hydrogens (tertiary/aromatic N) is 2. The fraction of sp³-hybridized carbons (Fsp3) is 0.684. The molecule has 1 aromatic rings. The number of anilines is 1. The van der Waals surface area contributed by atoms with Crippen molar-refractivity contribution in [2.75, 3.05) is 37.7 Å². The number of ether oxygens (including phenoxy) is 1. The van der Waals surface area contributed by atoms with Crippen LogP contribution >= 0.6 is 0 Å². The fourth-order valence-corrected chi connectivity index (χ4v) is 3.87. The molecule has 0 aliphatic carbocycles. The van der Waals surface area contributed by atoms with Gasteiger partial charge in [-0.1, -0.05) is 12.5 Å². The van der Waals surface area contributed by atoms with E-state index in [0.717, 1.165) is 18.4 Å². The van der Waals surface area contributed by atoms with Gasteiger partial charge in [0.1, 0.15) is 5.75 Å². The maximum Gasteiger partial charge on any atom is 0.124 e. The van der Waals surface area contributed by atoms with Crippen LogP contribution in [0.15, 0.2) is 18.2 Å². The van der Waals surface area contributed by atoms with Gasteiger partial charge in [0.25, 0.3) is 0 Å². The molecule has 2 aliphatic heterocycles. The summed E-state index contributed by atoms with van der Waals surface area (Å²) in [5, 5.41) is 0. The largest absolute Gasteiger partial charge is 0.494 e. The standard InChI is InChI=1S/C19H30N2O/c1-3-22-19-15-18(8-7-16(19)2)21-13-9-17(10-14-21)20-11-5-4-6-12-20/h7-8,15,17H,3-6,9-14H2,1-2H3. The Morgan fingerprint density at radius 1 is 1.05 bits per heavy atom. The number of benzene rings is 1. The summed E-state index contributed by atoms with van der Waals surface area (Å²) in [5.74, 6) is 1.04. The highest BCUT2D eigenvalue weighted by molar-refractivity contribution is 5.53. The molecule has 2 heterocycles. The van der Waals surface area contributed by atoms with Gasteiger partial charge < -0.3 is 14.5 Å². The van der Waals surface area contributed by atoms with Gasteiger partial charge >= 0.3 is 0 Å². The molecular formula is C19H30N2O. The summed E-state index contributed by atoms with van der Waals surface area (Å²) in [4.78, 5) is 5.27. The second kappa shape index (κ2) is 7.36. The molecule has 0 radical (unpaired) electrons. The molecule has 22 heavy (non-hydrogen) atoms. The van der Waals surface area contributed by atoms with Crippen molar-refractivity contribution in [3.8, 4) is 5.75 Å². The molecule has 3 rings (SSSR count). The van der Waals surface area contributed by atoms with Gasteiger partial charge in [-0.2, -0.15) is 0 Å². The maximum absolute atomic E-state index is 5.75. The van der Waals surface area contributed by atoms with Gasteiger partial charge in [0.05, 0.1) is 6.61 Å². The average Bonchev–Trinajstić information content (AvgIpc) is 2.58. The van der Waals surface area contributed by atoms with Gasteiger partial charge in [-0.25, -0.2) is 0 Å². The van der Waals surface area contributed by atoms with E-state index in [-0.39, 0.29) is 0 Å². The first-order valence-electron chi connectivity index (χ1n) is 9.00. The average molecular weight is 302 g/mol. The molecule has 0 N–H and O–H groups in total. The van der Waals surface area contributed by atoms with E-state index >= 15 is 0 Å². The van der Waals surface area contributed by atoms with Crippen LogP contribution in [0.2, 0.25) is 0 Å². The van der Waals surface area contributed by atoms with E-state index in [9.17, 15) is 0 Å². The lowest BCUT2D eigenvalue weighted by atomic mass is 9.99. The number of hydrogen-bond donors (Lipinski definition) is 0. The molecule has 3 nitrogen and oxygen atoms in total. The summed E-state index contributed by atoms with van der Waals surface area (Å²) in [6.07, 6.45) is 6.83. The van der Waals surface area contributed by atoms with Crippen LogP contribution in [0.5, 0.6) is 5.75 Å². The smallest absolute Gasteiger partial charge is 0.124 e. The van der Waals surface area contributed by atoms with Crippen LogP contribution in [-0.4, -0.2) is 43.7 Å². The van der Waals surface area contributed by atoms with E-state index in [1.54, 1.807) is 0 Å². The van der Waals surface area contributed by atoms with Crippen molar-refractivity contribution >= 4 is 5.69 Å². The minimum atomic E-state index is 0.737. The highest BCUT2D eigenvalue weighted by atomic mass is 16.5. The van der Waals surface area contributed by atoms with E-state index < -0.39 is 0 Å². The molecule has 3 heteroatoms. The van der Waals surface area contributed by atoms with Crippen molar-refractivity contribution < 1.29 is 4.74 Å². The first kappa shape index (κ1) is 15.7. The van der Waals surface area contributed by atoms with Crippen molar-refractivity contribution in [3.63, 3.8) is 0 Å². The van der Waals surface area contributed by atoms with Crippen LogP contribution < -0.4 is 9.64 Å². The Bertz CT molecular complexity index is 474. The predicted molar refractivity (Wildman–Crippen MR) is 93.0 cm³/mol. The van der Waals surface area contributed by atoms with Gasteiger partial charge in [0.15, 0.2) is 0 Å². The number of hydrogen-bond acceptors (Lipinski definition) is 3. The molecule has 0 unspecified atom stereocenters. The van der Waals surface area contributed by atoms with Crippen molar-refractivity contribution in [3.05, 3.63) is 23.8 Å². The SMILES string of the molecule is CCOc1cc(N2CCC(N3CCCCC3)CC2)ccc1C. The number of piperidine rings is 2. The molecule has 0 spiro atoms. The van der Waals surface area contributed by atoms with Crippen LogP contribution in [-0.2, 0) is 0 Å². The van der Waals surface area contributed by atoms with Gasteiger partial charge in [-0.15, -0.1) is 0 Å². The third-order valence-corrected chi connectivity index (χ3v) is 5.21. The first-order chi connectivity index (χ1) is 10.8. The molecule has 122 valence electrons. The Hall–Kier alpha value is -1.22. The van der Waals surface area contributed by atoms with E-state index in [1.807, 2.05) is 0 Å². The van der Waals surface area contributed by atoms with Crippen molar-refractivity contribution in [2.45, 2.75) is 52.0 Å². The molecule has 2 saturated heterocycles. The molecule has 0 saturated carbocycles. The topological polar surface area (TPSA) is 15.7 Å². The Labute approximate surface area is 135 Å². The number of likely N-dealkylation sites (tertiary alicyclic amines) is 1. The van der Waals surface area contributed by atoms with E-state index in [4.69, 9.17) is 4.74 Å². The van der Waals surface area contributed by atoms with E-state index in [1.165, 1.54) is 69.5 Å². The quantitative estimate of drug-likeness (QED) is 0.840. The summed E-state index contributed by atoms with van der Waals surface area (Å²) >= 11 is 0. The molecule has 0 amide bonds. The van der Waals surface area contributed by atoms with Crippen molar-refractivity contribution in [1.82, 2.24) is 4.90 Å². The zero-order chi connectivity index (χ0) is 15.4. The lowest BCUT2D eigenvalue weighted by Gasteiger charge is -2.41. The third-order valence-electron chi connectivity index (χ3n) is 5.21. The van der Waals surface area contributed by atoms with Crippen LogP contribution in [0, 0.1) is 6.92 Å². The monoisotopic (exact) mass is 302 g/mol. The normalized spacial score (nSPS) is 21.1. The van der Waals surface area contributed by atoms with Crippen LogP contribution in [0.25, 0.3) is 0 Å². The van der Waals surface area contributed by atoms with Crippen LogP contribution in [0.3, 0.4) is 0 Å². The molecule has 0 atom stereocenters. The first-order valence-corrected chi connectivity index (χ1v) is 9.00. The zero-order valence-corrected chi connectivity index (χ0v) is 14.2. The van der Waals surface area contributed by atoms with Gasteiger partial charge in [-0.05, 0) is 64.3 Å². The van der Waals surface area contributed by atoms with E-state index in [2.05, 4.69) is 41.8 Å². The molecule has 0 aromatic heterocycles. The Kier molecular flexibility index (Phi) is 5.24. The number of aryl methyl sites for hydroxylation is 1. The highest BCUT2D eigenvalue weighted by Crippen LogP contribution is 2.29. The van der Waals surface area contributed by atoms with Crippen LogP contribution in [0.1, 0.15) is 44.6 Å². The predicted octanol–water partition coefficient (Wildman–Crippen LogP) is 3.85. The summed E-state index contributed by atoms with van der Waals surface area (Å²) < 4.78 is 5.75. The molecule has 1 aromatic carbocycles. The van der Waals surface area contributed by atoms with Crippen molar-refractivity contribution in [1.29, 1.82) is 0 Å². The second-order valence-electron chi connectivity index (χ2n) is 6.70. The van der Waals surface area contributed by atoms with Crippen molar-refractivity contribution in [2.24, 2.45) is 0 Å². The summed E-state index contributed by atoms with van der Waals surface area (Å²) in [7, 11) is 0. The highest BCUT2D eigenvalue weighted by Gasteiger charge is 2.25. The molecule has 2 aliphatic rings. The summed E-state index contributed by atoms with van der Waals surface area (Å²) in [6.45, 7) is 9.91. The lowest BCUT2D eigenvalue weighted by Crippen LogP contribution is -2.46. The third kappa shape index (κ3) is 3.57. The minimum Gasteiger partial charge on any atom is -0.494 e.